The van der Waals surface area contributed by atoms with Gasteiger partial charge in [0.15, 0.2) is 0 Å². The summed E-state index contributed by atoms with van der Waals surface area (Å²) >= 11 is 0. The highest BCUT2D eigenvalue weighted by molar-refractivity contribution is 5.86. The first-order chi connectivity index (χ1) is 7.77. The molecule has 0 N–H and O–H groups in total. The van der Waals surface area contributed by atoms with Gasteiger partial charge in [-0.25, -0.2) is 0 Å². The molecule has 0 bridgehead atoms. The molecule has 16 heavy (non-hydrogen) atoms. The smallest absolute Gasteiger partial charge is 0.246 e. The average Bonchev–Trinajstić information content (AvgIpc) is 2.34. The van der Waals surface area contributed by atoms with E-state index in [4.69, 9.17) is 0 Å². The van der Waals surface area contributed by atoms with Crippen molar-refractivity contribution in [3.05, 3.63) is 48.6 Å². The van der Waals surface area contributed by atoms with Gasteiger partial charge in [0.05, 0.1) is 0 Å². The van der Waals surface area contributed by atoms with Crippen LogP contribution in [0.5, 0.6) is 0 Å². The zero-order valence-corrected chi connectivity index (χ0v) is 9.86. The number of nitrogens with zero attached hydrogens (tertiary/aromatic N) is 1. The maximum absolute atomic E-state index is 11.6. The minimum atomic E-state index is 0.0114. The Morgan fingerprint density at radius 3 is 2.62 bits per heavy atom. The Hall–Kier alpha value is -1.57. The minimum Gasteiger partial charge on any atom is -0.335 e. The van der Waals surface area contributed by atoms with Crippen molar-refractivity contribution < 1.29 is 4.79 Å². The molecule has 0 fully saturated rings. The molecule has 0 radical (unpaired) electrons. The van der Waals surface area contributed by atoms with E-state index in [0.29, 0.717) is 6.54 Å². The highest BCUT2D eigenvalue weighted by atomic mass is 16.2. The molecule has 0 aliphatic carbocycles. The number of rotatable bonds is 6. The van der Waals surface area contributed by atoms with E-state index >= 15 is 0 Å². The highest BCUT2D eigenvalue weighted by Crippen LogP contribution is 2.06. The Morgan fingerprint density at radius 1 is 1.38 bits per heavy atom. The van der Waals surface area contributed by atoms with Crippen LogP contribution >= 0.6 is 0 Å². The van der Waals surface area contributed by atoms with E-state index in [2.05, 4.69) is 13.5 Å². The number of amides is 1. The van der Waals surface area contributed by atoms with Crippen LogP contribution in [-0.2, 0) is 11.3 Å². The zero-order chi connectivity index (χ0) is 11.8. The van der Waals surface area contributed by atoms with Crippen LogP contribution < -0.4 is 0 Å². The molecule has 0 saturated heterocycles. The van der Waals surface area contributed by atoms with E-state index < -0.39 is 0 Å². The molecule has 1 amide bonds. The molecule has 1 aromatic rings. The summed E-state index contributed by atoms with van der Waals surface area (Å²) in [5.41, 5.74) is 1.16. The Kier molecular flexibility index (Phi) is 5.34. The van der Waals surface area contributed by atoms with Crippen molar-refractivity contribution in [1.29, 1.82) is 0 Å². The summed E-state index contributed by atoms with van der Waals surface area (Å²) < 4.78 is 0. The van der Waals surface area contributed by atoms with E-state index in [1.54, 1.807) is 0 Å². The third kappa shape index (κ3) is 3.89. The molecule has 0 saturated carbocycles. The second-order valence-electron chi connectivity index (χ2n) is 3.80. The average molecular weight is 217 g/mol. The standard InChI is InChI=1S/C14H19NO/c1-3-5-11-15(14(16)4-2)12-13-9-7-6-8-10-13/h4,6-10H,2-3,5,11-12H2,1H3. The number of hydrogen-bond acceptors (Lipinski definition) is 1. The first-order valence-electron chi connectivity index (χ1n) is 5.73. The van der Waals surface area contributed by atoms with Crippen LogP contribution in [-0.4, -0.2) is 17.4 Å². The monoisotopic (exact) mass is 217 g/mol. The second kappa shape index (κ2) is 6.83. The predicted octanol–water partition coefficient (Wildman–Crippen LogP) is 3.00. The molecule has 1 rings (SSSR count). The van der Waals surface area contributed by atoms with Crippen LogP contribution in [0.15, 0.2) is 43.0 Å². The van der Waals surface area contributed by atoms with Crippen molar-refractivity contribution in [3.63, 3.8) is 0 Å². The third-order valence-corrected chi connectivity index (χ3v) is 2.48. The topological polar surface area (TPSA) is 20.3 Å². The van der Waals surface area contributed by atoms with Crippen molar-refractivity contribution in [2.75, 3.05) is 6.54 Å². The summed E-state index contributed by atoms with van der Waals surface area (Å²) in [4.78, 5) is 13.5. The third-order valence-electron chi connectivity index (χ3n) is 2.48. The Labute approximate surface area is 97.6 Å². The highest BCUT2D eigenvalue weighted by Gasteiger charge is 2.09. The fourth-order valence-electron chi connectivity index (χ4n) is 1.55. The van der Waals surface area contributed by atoms with Gasteiger partial charge in [0.1, 0.15) is 0 Å². The molecule has 0 atom stereocenters. The van der Waals surface area contributed by atoms with Gasteiger partial charge in [-0.15, -0.1) is 0 Å². The fourth-order valence-corrected chi connectivity index (χ4v) is 1.55. The second-order valence-corrected chi connectivity index (χ2v) is 3.80. The lowest BCUT2D eigenvalue weighted by atomic mass is 10.2. The summed E-state index contributed by atoms with van der Waals surface area (Å²) in [5, 5.41) is 0. The molecule has 0 aliphatic heterocycles. The van der Waals surface area contributed by atoms with E-state index in [-0.39, 0.29) is 5.91 Å². The summed E-state index contributed by atoms with van der Waals surface area (Å²) in [7, 11) is 0. The number of carbonyl (C=O) groups is 1. The van der Waals surface area contributed by atoms with Gasteiger partial charge in [-0.1, -0.05) is 50.3 Å². The lowest BCUT2D eigenvalue weighted by molar-refractivity contribution is -0.126. The van der Waals surface area contributed by atoms with Gasteiger partial charge in [0.2, 0.25) is 5.91 Å². The molecular formula is C14H19NO. The maximum atomic E-state index is 11.6. The van der Waals surface area contributed by atoms with Gasteiger partial charge >= 0.3 is 0 Å². The molecule has 0 heterocycles. The van der Waals surface area contributed by atoms with Crippen molar-refractivity contribution in [2.45, 2.75) is 26.3 Å². The summed E-state index contributed by atoms with van der Waals surface area (Å²) in [6.07, 6.45) is 3.51. The van der Waals surface area contributed by atoms with Gasteiger partial charge in [-0.3, -0.25) is 4.79 Å². The van der Waals surface area contributed by atoms with Crippen LogP contribution in [0.2, 0.25) is 0 Å². The molecule has 2 nitrogen and oxygen atoms in total. The van der Waals surface area contributed by atoms with E-state index in [0.717, 1.165) is 24.9 Å². The molecule has 1 aromatic carbocycles. The van der Waals surface area contributed by atoms with Crippen molar-refractivity contribution in [2.24, 2.45) is 0 Å². The van der Waals surface area contributed by atoms with Crippen LogP contribution in [0.3, 0.4) is 0 Å². The first kappa shape index (κ1) is 12.5. The van der Waals surface area contributed by atoms with Gasteiger partial charge in [-0.05, 0) is 18.1 Å². The molecule has 2 heteroatoms. The largest absolute Gasteiger partial charge is 0.335 e. The van der Waals surface area contributed by atoms with Gasteiger partial charge < -0.3 is 4.90 Å². The van der Waals surface area contributed by atoms with Crippen molar-refractivity contribution in [1.82, 2.24) is 4.90 Å². The summed E-state index contributed by atoms with van der Waals surface area (Å²) in [6, 6.07) is 10.0. The minimum absolute atomic E-state index is 0.0114. The molecule has 0 unspecified atom stereocenters. The Bertz CT molecular complexity index is 332. The van der Waals surface area contributed by atoms with Crippen molar-refractivity contribution in [3.8, 4) is 0 Å². The first-order valence-corrected chi connectivity index (χ1v) is 5.73. The van der Waals surface area contributed by atoms with E-state index in [1.807, 2.05) is 35.2 Å². The Balaban J connectivity index is 2.63. The number of benzene rings is 1. The number of hydrogen-bond donors (Lipinski definition) is 0. The number of carbonyl (C=O) groups excluding carboxylic acids is 1. The van der Waals surface area contributed by atoms with Crippen LogP contribution in [0.4, 0.5) is 0 Å². The van der Waals surface area contributed by atoms with Gasteiger partial charge in [-0.2, -0.15) is 0 Å². The van der Waals surface area contributed by atoms with Crippen LogP contribution in [0.25, 0.3) is 0 Å². The lowest BCUT2D eigenvalue weighted by Gasteiger charge is -2.21. The van der Waals surface area contributed by atoms with E-state index in [1.165, 1.54) is 6.08 Å². The quantitative estimate of drug-likeness (QED) is 0.671. The molecule has 0 aliphatic rings. The van der Waals surface area contributed by atoms with Gasteiger partial charge in [0, 0.05) is 13.1 Å². The molecule has 0 aromatic heterocycles. The lowest BCUT2D eigenvalue weighted by Crippen LogP contribution is -2.29. The Morgan fingerprint density at radius 2 is 2.06 bits per heavy atom. The van der Waals surface area contributed by atoms with Gasteiger partial charge in [0.25, 0.3) is 0 Å². The maximum Gasteiger partial charge on any atom is 0.246 e. The molecular weight excluding hydrogens is 198 g/mol. The van der Waals surface area contributed by atoms with Crippen molar-refractivity contribution >= 4 is 5.91 Å². The fraction of sp³-hybridized carbons (Fsp3) is 0.357. The van der Waals surface area contributed by atoms with E-state index in [9.17, 15) is 4.79 Å². The normalized spacial score (nSPS) is 9.81. The molecule has 0 spiro atoms. The number of unbranched alkanes of at least 4 members (excludes halogenated alkanes) is 1. The predicted molar refractivity (Wildman–Crippen MR) is 67.0 cm³/mol. The van der Waals surface area contributed by atoms with Crippen LogP contribution in [0, 0.1) is 0 Å². The zero-order valence-electron chi connectivity index (χ0n) is 9.86. The molecule has 86 valence electrons. The summed E-state index contributed by atoms with van der Waals surface area (Å²) in [6.45, 7) is 7.14. The van der Waals surface area contributed by atoms with Crippen LogP contribution in [0.1, 0.15) is 25.3 Å². The summed E-state index contributed by atoms with van der Waals surface area (Å²) in [5.74, 6) is 0.0114. The SMILES string of the molecule is C=CC(=O)N(CCCC)Cc1ccccc1.